The van der Waals surface area contributed by atoms with Gasteiger partial charge in [0.25, 0.3) is 5.91 Å². The van der Waals surface area contributed by atoms with E-state index in [-0.39, 0.29) is 25.5 Å². The number of hydrogen-bond donors (Lipinski definition) is 2. The smallest absolute Gasteiger partial charge is 0.303 e. The molecule has 1 amide bonds. The number of amides is 1. The summed E-state index contributed by atoms with van der Waals surface area (Å²) >= 11 is 0. The SMILES string of the molecule is COc1cc(C#N)ccc1OCC(=O)NCCCC(=O)O. The van der Waals surface area contributed by atoms with Crippen LogP contribution in [0.5, 0.6) is 11.5 Å². The van der Waals surface area contributed by atoms with Gasteiger partial charge in [0, 0.05) is 19.0 Å². The predicted molar refractivity (Wildman–Crippen MR) is 73.1 cm³/mol. The van der Waals surface area contributed by atoms with E-state index < -0.39 is 5.97 Å². The lowest BCUT2D eigenvalue weighted by molar-refractivity contribution is -0.137. The largest absolute Gasteiger partial charge is 0.493 e. The number of carboxylic acids is 1. The van der Waals surface area contributed by atoms with Crippen molar-refractivity contribution in [1.29, 1.82) is 5.26 Å². The van der Waals surface area contributed by atoms with Gasteiger partial charge in [-0.1, -0.05) is 0 Å². The molecular formula is C14H16N2O5. The Labute approximate surface area is 122 Å². The third-order valence-electron chi connectivity index (χ3n) is 2.54. The molecule has 0 saturated carbocycles. The first kappa shape index (κ1) is 16.3. The predicted octanol–water partition coefficient (Wildman–Crippen LogP) is 0.927. The van der Waals surface area contributed by atoms with Gasteiger partial charge in [0.1, 0.15) is 0 Å². The molecule has 0 unspecified atom stereocenters. The van der Waals surface area contributed by atoms with Crippen molar-refractivity contribution in [3.63, 3.8) is 0 Å². The lowest BCUT2D eigenvalue weighted by atomic mass is 10.2. The minimum atomic E-state index is -0.900. The van der Waals surface area contributed by atoms with Crippen LogP contribution in [0.2, 0.25) is 0 Å². The van der Waals surface area contributed by atoms with Gasteiger partial charge >= 0.3 is 5.97 Å². The normalized spacial score (nSPS) is 9.52. The Morgan fingerprint density at radius 2 is 2.14 bits per heavy atom. The van der Waals surface area contributed by atoms with E-state index in [0.29, 0.717) is 23.5 Å². The standard InChI is InChI=1S/C14H16N2O5/c1-20-12-7-10(8-15)4-5-11(12)21-9-13(17)16-6-2-3-14(18)19/h4-5,7H,2-3,6,9H2,1H3,(H,16,17)(H,18,19). The fourth-order valence-electron chi connectivity index (χ4n) is 1.52. The molecule has 2 N–H and O–H groups in total. The highest BCUT2D eigenvalue weighted by molar-refractivity contribution is 5.77. The maximum absolute atomic E-state index is 11.5. The summed E-state index contributed by atoms with van der Waals surface area (Å²) in [5, 5.41) is 19.8. The zero-order chi connectivity index (χ0) is 15.7. The van der Waals surface area contributed by atoms with Crippen LogP contribution in [-0.2, 0) is 9.59 Å². The Hall–Kier alpha value is -2.75. The second-order valence-electron chi connectivity index (χ2n) is 4.11. The summed E-state index contributed by atoms with van der Waals surface area (Å²) in [7, 11) is 1.44. The number of nitriles is 1. The van der Waals surface area contributed by atoms with Crippen LogP contribution in [-0.4, -0.2) is 37.2 Å². The summed E-state index contributed by atoms with van der Waals surface area (Å²) in [6.45, 7) is 0.0638. The molecule has 0 aromatic heterocycles. The maximum Gasteiger partial charge on any atom is 0.303 e. The number of methoxy groups -OCH3 is 1. The van der Waals surface area contributed by atoms with Gasteiger partial charge in [-0.3, -0.25) is 9.59 Å². The van der Waals surface area contributed by atoms with Crippen LogP contribution in [0.4, 0.5) is 0 Å². The van der Waals surface area contributed by atoms with Gasteiger partial charge in [0.2, 0.25) is 0 Å². The Balaban J connectivity index is 2.42. The number of carboxylic acid groups (broad SMARTS) is 1. The molecule has 0 heterocycles. The van der Waals surface area contributed by atoms with Crippen LogP contribution in [0.3, 0.4) is 0 Å². The number of ether oxygens (including phenoxy) is 2. The molecule has 0 aliphatic heterocycles. The molecule has 0 aliphatic carbocycles. The molecule has 0 fully saturated rings. The van der Waals surface area contributed by atoms with Crippen LogP contribution in [0.1, 0.15) is 18.4 Å². The average Bonchev–Trinajstić information content (AvgIpc) is 2.49. The molecule has 1 aromatic carbocycles. The summed E-state index contributed by atoms with van der Waals surface area (Å²) in [4.78, 5) is 21.8. The van der Waals surface area contributed by atoms with Crippen LogP contribution >= 0.6 is 0 Å². The number of rotatable bonds is 8. The topological polar surface area (TPSA) is 109 Å². The second kappa shape index (κ2) is 8.43. The highest BCUT2D eigenvalue weighted by atomic mass is 16.5. The van der Waals surface area contributed by atoms with Crippen molar-refractivity contribution in [2.24, 2.45) is 0 Å². The highest BCUT2D eigenvalue weighted by Gasteiger charge is 2.08. The van der Waals surface area contributed by atoms with Crippen LogP contribution in [0.25, 0.3) is 0 Å². The van der Waals surface area contributed by atoms with Crippen molar-refractivity contribution in [3.8, 4) is 17.6 Å². The van der Waals surface area contributed by atoms with E-state index in [0.717, 1.165) is 0 Å². The van der Waals surface area contributed by atoms with Gasteiger partial charge in [-0.15, -0.1) is 0 Å². The molecule has 1 rings (SSSR count). The molecule has 0 saturated heterocycles. The third-order valence-corrected chi connectivity index (χ3v) is 2.54. The highest BCUT2D eigenvalue weighted by Crippen LogP contribution is 2.27. The number of carbonyl (C=O) groups excluding carboxylic acids is 1. The van der Waals surface area contributed by atoms with E-state index in [1.54, 1.807) is 12.1 Å². The van der Waals surface area contributed by atoms with Gasteiger partial charge in [-0.25, -0.2) is 0 Å². The second-order valence-corrected chi connectivity index (χ2v) is 4.11. The fourth-order valence-corrected chi connectivity index (χ4v) is 1.52. The molecule has 7 heteroatoms. The molecule has 0 bridgehead atoms. The van der Waals surface area contributed by atoms with E-state index in [2.05, 4.69) is 5.32 Å². The summed E-state index contributed by atoms with van der Waals surface area (Å²) in [6.07, 6.45) is 0.367. The maximum atomic E-state index is 11.5. The molecule has 21 heavy (non-hydrogen) atoms. The van der Waals surface area contributed by atoms with Gasteiger partial charge in [0.15, 0.2) is 18.1 Å². The first-order valence-corrected chi connectivity index (χ1v) is 6.26. The number of nitrogens with one attached hydrogen (secondary N) is 1. The fraction of sp³-hybridized carbons (Fsp3) is 0.357. The number of carbonyl (C=O) groups is 2. The third kappa shape index (κ3) is 5.82. The summed E-state index contributed by atoms with van der Waals surface area (Å²) in [6, 6.07) is 6.60. The lowest BCUT2D eigenvalue weighted by Gasteiger charge is -2.10. The zero-order valence-electron chi connectivity index (χ0n) is 11.6. The molecule has 1 aromatic rings. The van der Waals surface area contributed by atoms with E-state index in [1.165, 1.54) is 13.2 Å². The Kier molecular flexibility index (Phi) is 6.54. The number of hydrogen-bond acceptors (Lipinski definition) is 5. The van der Waals surface area contributed by atoms with Crippen molar-refractivity contribution < 1.29 is 24.2 Å². The summed E-state index contributed by atoms with van der Waals surface area (Å²) in [5.74, 6) is -0.528. The molecule has 0 radical (unpaired) electrons. The molecular weight excluding hydrogens is 276 g/mol. The van der Waals surface area contributed by atoms with Crippen LogP contribution in [0.15, 0.2) is 18.2 Å². The average molecular weight is 292 g/mol. The van der Waals surface area contributed by atoms with Gasteiger partial charge in [0.05, 0.1) is 18.7 Å². The van der Waals surface area contributed by atoms with Crippen LogP contribution < -0.4 is 14.8 Å². The van der Waals surface area contributed by atoms with Crippen molar-refractivity contribution in [2.75, 3.05) is 20.3 Å². The van der Waals surface area contributed by atoms with Gasteiger partial charge in [-0.2, -0.15) is 5.26 Å². The zero-order valence-corrected chi connectivity index (χ0v) is 11.6. The molecule has 7 nitrogen and oxygen atoms in total. The first-order valence-electron chi connectivity index (χ1n) is 6.26. The molecule has 0 atom stereocenters. The number of nitrogens with zero attached hydrogens (tertiary/aromatic N) is 1. The molecule has 0 spiro atoms. The Morgan fingerprint density at radius 3 is 2.76 bits per heavy atom. The van der Waals surface area contributed by atoms with E-state index in [4.69, 9.17) is 19.8 Å². The van der Waals surface area contributed by atoms with Crippen molar-refractivity contribution >= 4 is 11.9 Å². The van der Waals surface area contributed by atoms with E-state index in [9.17, 15) is 9.59 Å². The van der Waals surface area contributed by atoms with Crippen LogP contribution in [0, 0.1) is 11.3 Å². The quantitative estimate of drug-likeness (QED) is 0.690. The van der Waals surface area contributed by atoms with Gasteiger partial charge < -0.3 is 19.9 Å². The lowest BCUT2D eigenvalue weighted by Crippen LogP contribution is -2.30. The Morgan fingerprint density at radius 1 is 1.38 bits per heavy atom. The van der Waals surface area contributed by atoms with E-state index in [1.807, 2.05) is 6.07 Å². The summed E-state index contributed by atoms with van der Waals surface area (Å²) < 4.78 is 10.4. The first-order chi connectivity index (χ1) is 10.1. The van der Waals surface area contributed by atoms with Gasteiger partial charge in [-0.05, 0) is 18.6 Å². The number of aliphatic carboxylic acids is 1. The minimum absolute atomic E-state index is 0.00455. The van der Waals surface area contributed by atoms with E-state index >= 15 is 0 Å². The monoisotopic (exact) mass is 292 g/mol. The van der Waals surface area contributed by atoms with Crippen molar-refractivity contribution in [1.82, 2.24) is 5.32 Å². The Bertz CT molecular complexity index is 551. The summed E-state index contributed by atoms with van der Waals surface area (Å²) in [5.41, 5.74) is 0.428. The number of benzene rings is 1. The molecule has 112 valence electrons. The minimum Gasteiger partial charge on any atom is -0.493 e. The van der Waals surface area contributed by atoms with Crippen molar-refractivity contribution in [2.45, 2.75) is 12.8 Å². The van der Waals surface area contributed by atoms with Crippen molar-refractivity contribution in [3.05, 3.63) is 23.8 Å². The molecule has 0 aliphatic rings.